The predicted octanol–water partition coefficient (Wildman–Crippen LogP) is 3.26. The van der Waals surface area contributed by atoms with E-state index in [9.17, 15) is 0 Å². The van der Waals surface area contributed by atoms with Gasteiger partial charge in [0, 0.05) is 16.1 Å². The highest BCUT2D eigenvalue weighted by Crippen LogP contribution is 2.21. The van der Waals surface area contributed by atoms with Gasteiger partial charge in [0.05, 0.1) is 13.2 Å². The number of rotatable bonds is 4. The first-order chi connectivity index (χ1) is 7.75. The molecule has 0 aliphatic carbocycles. The summed E-state index contributed by atoms with van der Waals surface area (Å²) in [6.45, 7) is 2.41. The van der Waals surface area contributed by atoms with Crippen molar-refractivity contribution in [1.82, 2.24) is 5.32 Å². The molecule has 2 nitrogen and oxygen atoms in total. The van der Waals surface area contributed by atoms with Crippen LogP contribution in [0, 0.1) is 0 Å². The second-order valence-electron chi connectivity index (χ2n) is 4.04. The second-order valence-corrected chi connectivity index (χ2v) is 4.89. The van der Waals surface area contributed by atoms with Gasteiger partial charge in [-0.25, -0.2) is 0 Å². The van der Waals surface area contributed by atoms with Gasteiger partial charge in [-0.15, -0.1) is 0 Å². The van der Waals surface area contributed by atoms with E-state index in [1.165, 1.54) is 12.8 Å². The van der Waals surface area contributed by atoms with E-state index in [0.29, 0.717) is 22.7 Å². The topological polar surface area (TPSA) is 21.3 Å². The van der Waals surface area contributed by atoms with Gasteiger partial charge in [0.1, 0.15) is 0 Å². The largest absolute Gasteiger partial charge is 0.375 e. The lowest BCUT2D eigenvalue weighted by molar-refractivity contribution is 0.103. The Balaban J connectivity index is 1.80. The summed E-state index contributed by atoms with van der Waals surface area (Å²) in [5.41, 5.74) is 0.990. The summed E-state index contributed by atoms with van der Waals surface area (Å²) < 4.78 is 5.63. The number of nitrogens with one attached hydrogen (secondary N) is 1. The Hall–Kier alpha value is -0.280. The van der Waals surface area contributed by atoms with Crippen LogP contribution in [0.25, 0.3) is 0 Å². The third-order valence-electron chi connectivity index (χ3n) is 2.75. The van der Waals surface area contributed by atoms with E-state index in [2.05, 4.69) is 5.32 Å². The van der Waals surface area contributed by atoms with E-state index < -0.39 is 0 Å². The highest BCUT2D eigenvalue weighted by atomic mass is 35.5. The highest BCUT2D eigenvalue weighted by molar-refractivity contribution is 6.35. The van der Waals surface area contributed by atoms with Crippen molar-refractivity contribution >= 4 is 23.2 Å². The molecule has 0 saturated carbocycles. The van der Waals surface area contributed by atoms with Crippen LogP contribution in [-0.4, -0.2) is 19.2 Å². The molecule has 1 heterocycles. The van der Waals surface area contributed by atoms with Crippen molar-refractivity contribution in [2.75, 3.05) is 13.2 Å². The molecule has 1 fully saturated rings. The minimum atomic E-state index is 0.506. The fourth-order valence-electron chi connectivity index (χ4n) is 1.85. The third-order valence-corrected chi connectivity index (χ3v) is 3.34. The Labute approximate surface area is 106 Å². The zero-order chi connectivity index (χ0) is 11.4. The van der Waals surface area contributed by atoms with Gasteiger partial charge in [0.15, 0.2) is 0 Å². The van der Waals surface area contributed by atoms with Crippen LogP contribution < -0.4 is 5.32 Å². The Morgan fingerprint density at radius 1 is 1.38 bits per heavy atom. The number of benzene rings is 1. The van der Waals surface area contributed by atoms with E-state index in [1.54, 1.807) is 6.07 Å². The van der Waals surface area contributed by atoms with Crippen molar-refractivity contribution in [2.45, 2.75) is 25.5 Å². The van der Waals surface area contributed by atoms with Crippen LogP contribution in [0.2, 0.25) is 10.0 Å². The van der Waals surface area contributed by atoms with Gasteiger partial charge in [-0.05, 0) is 37.1 Å². The van der Waals surface area contributed by atoms with Gasteiger partial charge in [0.25, 0.3) is 0 Å². The fraction of sp³-hybridized carbons (Fsp3) is 0.500. The molecule has 0 unspecified atom stereocenters. The Morgan fingerprint density at radius 2 is 2.25 bits per heavy atom. The molecule has 1 aromatic rings. The van der Waals surface area contributed by atoms with Crippen LogP contribution in [0.3, 0.4) is 0 Å². The number of ether oxygens (including phenoxy) is 1. The molecule has 0 aromatic heterocycles. The quantitative estimate of drug-likeness (QED) is 0.897. The van der Waals surface area contributed by atoms with E-state index in [-0.39, 0.29) is 0 Å². The maximum absolute atomic E-state index is 6.04. The maximum atomic E-state index is 6.04. The molecule has 0 spiro atoms. The van der Waals surface area contributed by atoms with Gasteiger partial charge in [0.2, 0.25) is 0 Å². The maximum Gasteiger partial charge on any atom is 0.0732 e. The van der Waals surface area contributed by atoms with Crippen LogP contribution in [-0.2, 0) is 11.3 Å². The molecule has 0 radical (unpaired) electrons. The first-order valence-electron chi connectivity index (χ1n) is 5.51. The Kier molecular flexibility index (Phi) is 4.47. The smallest absolute Gasteiger partial charge is 0.0732 e. The van der Waals surface area contributed by atoms with Crippen LogP contribution in [0.5, 0.6) is 0 Å². The van der Waals surface area contributed by atoms with Crippen molar-refractivity contribution in [1.29, 1.82) is 0 Å². The van der Waals surface area contributed by atoms with Crippen LogP contribution in [0.1, 0.15) is 18.4 Å². The molecule has 1 atom stereocenters. The zero-order valence-corrected chi connectivity index (χ0v) is 10.5. The normalized spacial score (nSPS) is 20.2. The molecular formula is C12H15Cl2NO. The van der Waals surface area contributed by atoms with Crippen molar-refractivity contribution in [3.8, 4) is 0 Å². The number of halogens is 2. The van der Waals surface area contributed by atoms with Crippen LogP contribution in [0.4, 0.5) is 0 Å². The molecule has 1 saturated heterocycles. The molecular weight excluding hydrogens is 245 g/mol. The standard InChI is InChI=1S/C12H15Cl2NO/c13-10-4-3-9(12(14)6-10)7-16-8-11-2-1-5-15-11/h3-4,6,11,15H,1-2,5,7-8H2/t11-/m0/s1. The monoisotopic (exact) mass is 259 g/mol. The first-order valence-corrected chi connectivity index (χ1v) is 6.26. The number of hydrogen-bond acceptors (Lipinski definition) is 2. The molecule has 4 heteroatoms. The van der Waals surface area contributed by atoms with Crippen LogP contribution in [0.15, 0.2) is 18.2 Å². The molecule has 0 amide bonds. The summed E-state index contributed by atoms with van der Waals surface area (Å²) in [5.74, 6) is 0. The molecule has 0 bridgehead atoms. The predicted molar refractivity (Wildman–Crippen MR) is 67.1 cm³/mol. The SMILES string of the molecule is Clc1ccc(COC[C@@H]2CCCN2)c(Cl)c1. The molecule has 2 rings (SSSR count). The summed E-state index contributed by atoms with van der Waals surface area (Å²) in [6.07, 6.45) is 2.45. The van der Waals surface area contributed by atoms with Crippen molar-refractivity contribution in [2.24, 2.45) is 0 Å². The molecule has 1 aromatic carbocycles. The lowest BCUT2D eigenvalue weighted by Gasteiger charge is -2.11. The van der Waals surface area contributed by atoms with Crippen molar-refractivity contribution in [3.63, 3.8) is 0 Å². The van der Waals surface area contributed by atoms with Gasteiger partial charge < -0.3 is 10.1 Å². The zero-order valence-electron chi connectivity index (χ0n) is 9.01. The molecule has 1 aliphatic rings. The second kappa shape index (κ2) is 5.87. The number of hydrogen-bond donors (Lipinski definition) is 1. The lowest BCUT2D eigenvalue weighted by Crippen LogP contribution is -2.26. The van der Waals surface area contributed by atoms with Gasteiger partial charge in [-0.2, -0.15) is 0 Å². The lowest BCUT2D eigenvalue weighted by atomic mass is 10.2. The third kappa shape index (κ3) is 3.36. The Morgan fingerprint density at radius 3 is 2.94 bits per heavy atom. The van der Waals surface area contributed by atoms with Gasteiger partial charge in [-0.3, -0.25) is 0 Å². The summed E-state index contributed by atoms with van der Waals surface area (Å²) in [6, 6.07) is 5.99. The highest BCUT2D eigenvalue weighted by Gasteiger charge is 2.13. The van der Waals surface area contributed by atoms with Gasteiger partial charge in [-0.1, -0.05) is 29.3 Å². The minimum absolute atomic E-state index is 0.506. The van der Waals surface area contributed by atoms with Gasteiger partial charge >= 0.3 is 0 Å². The summed E-state index contributed by atoms with van der Waals surface area (Å²) in [5, 5.41) is 4.72. The minimum Gasteiger partial charge on any atom is -0.375 e. The molecule has 88 valence electrons. The molecule has 16 heavy (non-hydrogen) atoms. The van der Waals surface area contributed by atoms with Crippen molar-refractivity contribution < 1.29 is 4.74 Å². The average Bonchev–Trinajstić information content (AvgIpc) is 2.74. The van der Waals surface area contributed by atoms with E-state index in [4.69, 9.17) is 27.9 Å². The summed E-state index contributed by atoms with van der Waals surface area (Å²) in [4.78, 5) is 0. The summed E-state index contributed by atoms with van der Waals surface area (Å²) in [7, 11) is 0. The summed E-state index contributed by atoms with van der Waals surface area (Å²) >= 11 is 11.9. The fourth-order valence-corrected chi connectivity index (χ4v) is 2.31. The van der Waals surface area contributed by atoms with Crippen molar-refractivity contribution in [3.05, 3.63) is 33.8 Å². The molecule has 1 aliphatic heterocycles. The first kappa shape index (κ1) is 12.2. The van der Waals surface area contributed by atoms with E-state index in [1.807, 2.05) is 12.1 Å². The Bertz CT molecular complexity index is 351. The van der Waals surface area contributed by atoms with Crippen LogP contribution >= 0.6 is 23.2 Å². The van der Waals surface area contributed by atoms with E-state index in [0.717, 1.165) is 18.7 Å². The van der Waals surface area contributed by atoms with E-state index >= 15 is 0 Å². The molecule has 1 N–H and O–H groups in total. The average molecular weight is 260 g/mol.